The standard InChI is InChI=1S/C12H12BrN5O3/c1-7-2-9(18(20)21)4-10(13)12(7)17-6-8(3-11(17)19)5-15-16-14/h2,4,8H,3,5-6H2,1H3. The van der Waals surface area contributed by atoms with Crippen molar-refractivity contribution in [3.8, 4) is 0 Å². The van der Waals surface area contributed by atoms with E-state index in [1.54, 1.807) is 11.8 Å². The summed E-state index contributed by atoms with van der Waals surface area (Å²) >= 11 is 3.30. The first-order valence-electron chi connectivity index (χ1n) is 6.19. The van der Waals surface area contributed by atoms with E-state index < -0.39 is 4.92 Å². The van der Waals surface area contributed by atoms with Crippen molar-refractivity contribution in [2.75, 3.05) is 18.0 Å². The second-order valence-electron chi connectivity index (χ2n) is 4.84. The van der Waals surface area contributed by atoms with Crippen LogP contribution in [0.3, 0.4) is 0 Å². The van der Waals surface area contributed by atoms with E-state index in [4.69, 9.17) is 5.53 Å². The van der Waals surface area contributed by atoms with Gasteiger partial charge in [0.25, 0.3) is 5.69 Å². The zero-order valence-corrected chi connectivity index (χ0v) is 12.8. The van der Waals surface area contributed by atoms with Crippen molar-refractivity contribution in [2.24, 2.45) is 11.0 Å². The first-order chi connectivity index (χ1) is 9.93. The SMILES string of the molecule is Cc1cc([N+](=O)[O-])cc(Br)c1N1CC(CN=[N+]=[N-])CC1=O. The maximum atomic E-state index is 12.1. The third-order valence-corrected chi connectivity index (χ3v) is 3.93. The van der Waals surface area contributed by atoms with Gasteiger partial charge < -0.3 is 4.90 Å². The highest BCUT2D eigenvalue weighted by Crippen LogP contribution is 2.37. The van der Waals surface area contributed by atoms with Gasteiger partial charge in [-0.25, -0.2) is 0 Å². The van der Waals surface area contributed by atoms with E-state index in [-0.39, 0.29) is 24.1 Å². The number of nitro benzene ring substituents is 1. The van der Waals surface area contributed by atoms with Crippen LogP contribution < -0.4 is 4.90 Å². The Balaban J connectivity index is 2.32. The molecule has 110 valence electrons. The molecule has 0 saturated carbocycles. The number of carbonyl (C=O) groups is 1. The highest BCUT2D eigenvalue weighted by Gasteiger charge is 2.32. The van der Waals surface area contributed by atoms with Gasteiger partial charge in [0, 0.05) is 41.0 Å². The van der Waals surface area contributed by atoms with E-state index in [1.807, 2.05) is 0 Å². The first kappa shape index (κ1) is 15.3. The highest BCUT2D eigenvalue weighted by molar-refractivity contribution is 9.10. The number of aryl methyl sites for hydroxylation is 1. The summed E-state index contributed by atoms with van der Waals surface area (Å²) in [5.41, 5.74) is 9.59. The maximum absolute atomic E-state index is 12.1. The Morgan fingerprint density at radius 2 is 2.33 bits per heavy atom. The summed E-state index contributed by atoms with van der Waals surface area (Å²) in [5.74, 6) is -0.110. The highest BCUT2D eigenvalue weighted by atomic mass is 79.9. The first-order valence-corrected chi connectivity index (χ1v) is 6.99. The monoisotopic (exact) mass is 353 g/mol. The van der Waals surface area contributed by atoms with Crippen LogP contribution in [0.1, 0.15) is 12.0 Å². The number of amides is 1. The molecule has 0 N–H and O–H groups in total. The predicted octanol–water partition coefficient (Wildman–Crippen LogP) is 3.33. The lowest BCUT2D eigenvalue weighted by molar-refractivity contribution is -0.385. The van der Waals surface area contributed by atoms with Crippen molar-refractivity contribution >= 4 is 33.2 Å². The molecule has 8 nitrogen and oxygen atoms in total. The molecule has 0 bridgehead atoms. The summed E-state index contributed by atoms with van der Waals surface area (Å²) in [5, 5.41) is 14.3. The van der Waals surface area contributed by atoms with Crippen LogP contribution in [0.5, 0.6) is 0 Å². The molecule has 1 atom stereocenters. The van der Waals surface area contributed by atoms with Gasteiger partial charge in [-0.3, -0.25) is 14.9 Å². The third kappa shape index (κ3) is 3.14. The van der Waals surface area contributed by atoms with E-state index in [0.29, 0.717) is 28.7 Å². The minimum atomic E-state index is -0.474. The van der Waals surface area contributed by atoms with Crippen LogP contribution in [-0.4, -0.2) is 23.9 Å². The zero-order chi connectivity index (χ0) is 15.6. The van der Waals surface area contributed by atoms with Gasteiger partial charge in [-0.1, -0.05) is 5.11 Å². The van der Waals surface area contributed by atoms with E-state index in [2.05, 4.69) is 26.0 Å². The third-order valence-electron chi connectivity index (χ3n) is 3.33. The number of nitro groups is 1. The number of hydrogen-bond donors (Lipinski definition) is 0. The lowest BCUT2D eigenvalue weighted by Gasteiger charge is -2.20. The number of benzene rings is 1. The average molecular weight is 354 g/mol. The molecule has 1 aliphatic rings. The summed E-state index contributed by atoms with van der Waals surface area (Å²) in [6, 6.07) is 2.82. The van der Waals surface area contributed by atoms with Gasteiger partial charge in [-0.2, -0.15) is 0 Å². The molecule has 0 aromatic heterocycles. The number of rotatable bonds is 4. The van der Waals surface area contributed by atoms with Crippen LogP contribution in [0, 0.1) is 23.0 Å². The van der Waals surface area contributed by atoms with Crippen molar-refractivity contribution in [1.82, 2.24) is 0 Å². The summed E-state index contributed by atoms with van der Waals surface area (Å²) in [6.07, 6.45) is 0.307. The van der Waals surface area contributed by atoms with Crippen molar-refractivity contribution in [2.45, 2.75) is 13.3 Å². The smallest absolute Gasteiger partial charge is 0.270 e. The zero-order valence-electron chi connectivity index (χ0n) is 11.2. The Morgan fingerprint density at radius 3 is 2.90 bits per heavy atom. The van der Waals surface area contributed by atoms with Crippen molar-refractivity contribution in [3.63, 3.8) is 0 Å². The number of azide groups is 1. The molecule has 1 aromatic rings. The van der Waals surface area contributed by atoms with Gasteiger partial charge in [0.2, 0.25) is 5.91 Å². The number of anilines is 1. The second kappa shape index (κ2) is 6.11. The summed E-state index contributed by atoms with van der Waals surface area (Å²) < 4.78 is 0.506. The van der Waals surface area contributed by atoms with Gasteiger partial charge in [-0.05, 0) is 39.9 Å². The maximum Gasteiger partial charge on any atom is 0.270 e. The van der Waals surface area contributed by atoms with Gasteiger partial charge in [0.1, 0.15) is 0 Å². The molecule has 1 heterocycles. The molecule has 1 fully saturated rings. The van der Waals surface area contributed by atoms with Crippen molar-refractivity contribution in [1.29, 1.82) is 0 Å². The van der Waals surface area contributed by atoms with Crippen LogP contribution in [0.4, 0.5) is 11.4 Å². The van der Waals surface area contributed by atoms with Gasteiger partial charge in [-0.15, -0.1) is 0 Å². The normalized spacial score (nSPS) is 17.7. The van der Waals surface area contributed by atoms with Gasteiger partial charge >= 0.3 is 0 Å². The lowest BCUT2D eigenvalue weighted by Crippen LogP contribution is -2.26. The van der Waals surface area contributed by atoms with E-state index in [9.17, 15) is 14.9 Å². The molecule has 1 amide bonds. The van der Waals surface area contributed by atoms with Gasteiger partial charge in [0.15, 0.2) is 0 Å². The Labute approximate surface area is 128 Å². The minimum absolute atomic E-state index is 0.0274. The molecule has 0 radical (unpaired) electrons. The average Bonchev–Trinajstić information content (AvgIpc) is 2.76. The Kier molecular flexibility index (Phi) is 4.44. The van der Waals surface area contributed by atoms with Crippen LogP contribution in [0.15, 0.2) is 21.7 Å². The molecule has 21 heavy (non-hydrogen) atoms. The van der Waals surface area contributed by atoms with Crippen LogP contribution in [0.25, 0.3) is 10.4 Å². The number of non-ortho nitro benzene ring substituents is 1. The topological polar surface area (TPSA) is 112 Å². The molecule has 1 saturated heterocycles. The predicted molar refractivity (Wildman–Crippen MR) is 80.0 cm³/mol. The molecule has 9 heteroatoms. The molecule has 1 aliphatic heterocycles. The number of halogens is 1. The fourth-order valence-electron chi connectivity index (χ4n) is 2.44. The summed E-state index contributed by atoms with van der Waals surface area (Å²) in [4.78, 5) is 26.7. The number of carbonyl (C=O) groups excluding carboxylic acids is 1. The Morgan fingerprint density at radius 1 is 1.62 bits per heavy atom. The van der Waals surface area contributed by atoms with Crippen molar-refractivity contribution in [3.05, 3.63) is 42.7 Å². The second-order valence-corrected chi connectivity index (χ2v) is 5.69. The molecular formula is C12H12BrN5O3. The van der Waals surface area contributed by atoms with Crippen LogP contribution in [0.2, 0.25) is 0 Å². The molecule has 1 unspecified atom stereocenters. The fourth-order valence-corrected chi connectivity index (χ4v) is 3.20. The van der Waals surface area contributed by atoms with Gasteiger partial charge in [0.05, 0.1) is 10.6 Å². The Hall–Kier alpha value is -2.12. The molecule has 2 rings (SSSR count). The summed E-state index contributed by atoms with van der Waals surface area (Å²) in [6.45, 7) is 2.43. The Bertz CT molecular complexity index is 633. The number of hydrogen-bond acceptors (Lipinski definition) is 4. The van der Waals surface area contributed by atoms with E-state index >= 15 is 0 Å². The fraction of sp³-hybridized carbons (Fsp3) is 0.417. The van der Waals surface area contributed by atoms with Crippen molar-refractivity contribution < 1.29 is 9.72 Å². The van der Waals surface area contributed by atoms with E-state index in [0.717, 1.165) is 0 Å². The molecule has 0 spiro atoms. The minimum Gasteiger partial charge on any atom is -0.311 e. The quantitative estimate of drug-likeness (QED) is 0.272. The summed E-state index contributed by atoms with van der Waals surface area (Å²) in [7, 11) is 0. The molecule has 0 aliphatic carbocycles. The van der Waals surface area contributed by atoms with Crippen LogP contribution in [-0.2, 0) is 4.79 Å². The lowest BCUT2D eigenvalue weighted by atomic mass is 10.1. The van der Waals surface area contributed by atoms with Crippen LogP contribution >= 0.6 is 15.9 Å². The number of nitrogens with zero attached hydrogens (tertiary/aromatic N) is 5. The molecule has 1 aromatic carbocycles. The largest absolute Gasteiger partial charge is 0.311 e. The van der Waals surface area contributed by atoms with E-state index in [1.165, 1.54) is 12.1 Å². The molecular weight excluding hydrogens is 342 g/mol.